The number of ether oxygens (including phenoxy) is 1. The highest BCUT2D eigenvalue weighted by Gasteiger charge is 2.27. The Morgan fingerprint density at radius 2 is 1.52 bits per heavy atom. The highest BCUT2D eigenvalue weighted by Crippen LogP contribution is 2.21. The van der Waals surface area contributed by atoms with Crippen LogP contribution in [0.3, 0.4) is 0 Å². The minimum Gasteiger partial charge on any atom is -0.497 e. The molecule has 0 bridgehead atoms. The lowest BCUT2D eigenvalue weighted by Gasteiger charge is -2.36. The summed E-state index contributed by atoms with van der Waals surface area (Å²) in [5, 5.41) is 0. The van der Waals surface area contributed by atoms with Gasteiger partial charge in [-0.1, -0.05) is 36.4 Å². The Morgan fingerprint density at radius 1 is 0.886 bits per heavy atom. The number of nitrogens with zero attached hydrogens (tertiary/aromatic N) is 4. The third-order valence-electron chi connectivity index (χ3n) is 8.11. The van der Waals surface area contributed by atoms with Gasteiger partial charge in [-0.25, -0.2) is 13.6 Å². The topological polar surface area (TPSA) is 103 Å². The summed E-state index contributed by atoms with van der Waals surface area (Å²) >= 11 is 0. The van der Waals surface area contributed by atoms with Crippen molar-refractivity contribution in [2.45, 2.75) is 26.1 Å². The Hall–Kier alpha value is -4.61. The molecule has 0 saturated carbocycles. The van der Waals surface area contributed by atoms with Crippen molar-refractivity contribution in [3.8, 4) is 5.75 Å². The van der Waals surface area contributed by atoms with E-state index in [4.69, 9.17) is 10.5 Å². The number of nitrogens with two attached hydrogens (primary N) is 1. The van der Waals surface area contributed by atoms with Crippen LogP contribution in [-0.2, 0) is 13.1 Å². The van der Waals surface area contributed by atoms with E-state index in [2.05, 4.69) is 0 Å². The zero-order valence-corrected chi connectivity index (χ0v) is 24.7. The molecule has 1 aromatic heterocycles. The molecule has 1 aliphatic heterocycles. The first-order valence-corrected chi connectivity index (χ1v) is 14.4. The van der Waals surface area contributed by atoms with Gasteiger partial charge in [-0.05, 0) is 48.9 Å². The van der Waals surface area contributed by atoms with E-state index in [-0.39, 0.29) is 30.1 Å². The van der Waals surface area contributed by atoms with Gasteiger partial charge in [0, 0.05) is 49.0 Å². The van der Waals surface area contributed by atoms with Crippen LogP contribution in [0.2, 0.25) is 0 Å². The Bertz CT molecular complexity index is 1730. The van der Waals surface area contributed by atoms with Crippen LogP contribution in [0.4, 0.5) is 14.5 Å². The second kappa shape index (κ2) is 13.4. The molecule has 1 saturated heterocycles. The maximum Gasteiger partial charge on any atom is 0.331 e. The van der Waals surface area contributed by atoms with Gasteiger partial charge in [0.1, 0.15) is 23.1 Å². The molecule has 0 spiro atoms. The molecule has 230 valence electrons. The van der Waals surface area contributed by atoms with Gasteiger partial charge in [0.05, 0.1) is 26.7 Å². The number of piperazine rings is 1. The van der Waals surface area contributed by atoms with E-state index in [0.717, 1.165) is 22.3 Å². The zero-order valence-electron chi connectivity index (χ0n) is 24.7. The van der Waals surface area contributed by atoms with Gasteiger partial charge in [-0.2, -0.15) is 0 Å². The standard InChI is InChI=1S/C33H35F2N5O4/c1-22-31(38-17-15-37(16-18-38)21-30(41)24-11-13-25(44-2)14-12-24)32(42)40(20-29(36)23-7-4-3-5-8-23)33(43)39(22)19-26-27(34)9-6-10-28(26)35/h3-14,29H,15-21,36H2,1-2H3. The van der Waals surface area contributed by atoms with E-state index in [0.29, 0.717) is 43.2 Å². The van der Waals surface area contributed by atoms with Crippen LogP contribution < -0.4 is 26.6 Å². The third-order valence-corrected chi connectivity index (χ3v) is 8.11. The van der Waals surface area contributed by atoms with Crippen molar-refractivity contribution in [2.24, 2.45) is 5.73 Å². The lowest BCUT2D eigenvalue weighted by Crippen LogP contribution is -2.52. The first kappa shape index (κ1) is 30.8. The fourth-order valence-corrected chi connectivity index (χ4v) is 5.54. The van der Waals surface area contributed by atoms with E-state index >= 15 is 0 Å². The second-order valence-electron chi connectivity index (χ2n) is 10.9. The molecule has 0 amide bonds. The predicted molar refractivity (Wildman–Crippen MR) is 165 cm³/mol. The summed E-state index contributed by atoms with van der Waals surface area (Å²) < 4.78 is 36.8. The number of Topliss-reactive ketones (excluding diaryl/α,β-unsaturated/α-hetero) is 1. The largest absolute Gasteiger partial charge is 0.497 e. The van der Waals surface area contributed by atoms with Crippen LogP contribution in [0.1, 0.15) is 33.2 Å². The number of halogens is 2. The van der Waals surface area contributed by atoms with Crippen molar-refractivity contribution < 1.29 is 18.3 Å². The van der Waals surface area contributed by atoms with Crippen LogP contribution in [0.25, 0.3) is 0 Å². The first-order chi connectivity index (χ1) is 21.2. The molecule has 9 nitrogen and oxygen atoms in total. The number of rotatable bonds is 10. The van der Waals surface area contributed by atoms with E-state index in [1.54, 1.807) is 38.3 Å². The van der Waals surface area contributed by atoms with Crippen LogP contribution >= 0.6 is 0 Å². The van der Waals surface area contributed by atoms with E-state index < -0.39 is 35.5 Å². The van der Waals surface area contributed by atoms with Gasteiger partial charge in [0.2, 0.25) is 0 Å². The van der Waals surface area contributed by atoms with Crippen molar-refractivity contribution in [1.29, 1.82) is 0 Å². The average molecular weight is 604 g/mol. The number of benzene rings is 3. The second-order valence-corrected chi connectivity index (χ2v) is 10.9. The van der Waals surface area contributed by atoms with Crippen molar-refractivity contribution in [2.75, 3.05) is 44.7 Å². The van der Waals surface area contributed by atoms with Crippen LogP contribution in [-0.4, -0.2) is 59.7 Å². The van der Waals surface area contributed by atoms with Gasteiger partial charge in [0.25, 0.3) is 5.56 Å². The summed E-state index contributed by atoms with van der Waals surface area (Å²) in [7, 11) is 1.56. The zero-order chi connectivity index (χ0) is 31.4. The van der Waals surface area contributed by atoms with Gasteiger partial charge in [0.15, 0.2) is 5.78 Å². The molecule has 0 aliphatic carbocycles. The fourth-order valence-electron chi connectivity index (χ4n) is 5.54. The van der Waals surface area contributed by atoms with Crippen molar-refractivity contribution >= 4 is 11.5 Å². The molecule has 4 aromatic rings. The SMILES string of the molecule is COc1ccc(C(=O)CN2CCN(c3c(C)n(Cc4c(F)cccc4F)c(=O)n(CC(N)c4ccccc4)c3=O)CC2)cc1. The number of carbonyl (C=O) groups excluding carboxylic acids is 1. The molecule has 2 N–H and O–H groups in total. The highest BCUT2D eigenvalue weighted by atomic mass is 19.1. The lowest BCUT2D eigenvalue weighted by atomic mass is 10.1. The van der Waals surface area contributed by atoms with Gasteiger partial charge in [-0.15, -0.1) is 0 Å². The molecular formula is C33H35F2N5O4. The van der Waals surface area contributed by atoms with E-state index in [1.807, 2.05) is 40.1 Å². The van der Waals surface area contributed by atoms with E-state index in [9.17, 15) is 23.2 Å². The molecule has 3 aromatic carbocycles. The summed E-state index contributed by atoms with van der Waals surface area (Å²) in [6, 6.07) is 18.9. The Labute approximate surface area is 253 Å². The maximum atomic E-state index is 14.7. The third kappa shape index (κ3) is 6.48. The van der Waals surface area contributed by atoms with Crippen molar-refractivity contribution in [3.63, 3.8) is 0 Å². The molecule has 0 radical (unpaired) electrons. The lowest BCUT2D eigenvalue weighted by molar-refractivity contribution is 0.0926. The molecule has 1 unspecified atom stereocenters. The summed E-state index contributed by atoms with van der Waals surface area (Å²) in [4.78, 5) is 44.4. The number of anilines is 1. The summed E-state index contributed by atoms with van der Waals surface area (Å²) in [5.74, 6) is -0.937. The molecule has 1 aliphatic rings. The predicted octanol–water partition coefficient (Wildman–Crippen LogP) is 3.36. The number of carbonyl (C=O) groups is 1. The summed E-state index contributed by atoms with van der Waals surface area (Å²) in [5.41, 5.74) is 6.81. The van der Waals surface area contributed by atoms with Crippen molar-refractivity contribution in [1.82, 2.24) is 14.0 Å². The number of hydrogen-bond donors (Lipinski definition) is 1. The van der Waals surface area contributed by atoms with Crippen LogP contribution in [0.5, 0.6) is 5.75 Å². The normalized spacial score (nSPS) is 14.4. The first-order valence-electron chi connectivity index (χ1n) is 14.4. The Morgan fingerprint density at radius 3 is 2.14 bits per heavy atom. The molecular weight excluding hydrogens is 568 g/mol. The van der Waals surface area contributed by atoms with Gasteiger partial charge in [-0.3, -0.25) is 23.6 Å². The number of ketones is 1. The fraction of sp³-hybridized carbons (Fsp3) is 0.303. The minimum atomic E-state index is -0.785. The molecule has 5 rings (SSSR count). The number of hydrogen-bond acceptors (Lipinski definition) is 7. The number of aromatic nitrogens is 2. The smallest absolute Gasteiger partial charge is 0.331 e. The Balaban J connectivity index is 1.44. The van der Waals surface area contributed by atoms with Gasteiger partial charge >= 0.3 is 5.69 Å². The number of methoxy groups -OCH3 is 1. The molecule has 2 heterocycles. The maximum absolute atomic E-state index is 14.7. The molecule has 1 fully saturated rings. The summed E-state index contributed by atoms with van der Waals surface area (Å²) in [6.07, 6.45) is 0. The Kier molecular flexibility index (Phi) is 9.36. The van der Waals surface area contributed by atoms with Gasteiger partial charge < -0.3 is 15.4 Å². The average Bonchev–Trinajstić information content (AvgIpc) is 3.03. The molecule has 1 atom stereocenters. The monoisotopic (exact) mass is 603 g/mol. The van der Waals surface area contributed by atoms with Crippen molar-refractivity contribution in [3.05, 3.63) is 128 Å². The summed E-state index contributed by atoms with van der Waals surface area (Å²) in [6.45, 7) is 3.10. The molecule has 44 heavy (non-hydrogen) atoms. The quantitative estimate of drug-likeness (QED) is 0.278. The van der Waals surface area contributed by atoms with E-state index in [1.165, 1.54) is 10.6 Å². The molecule has 11 heteroatoms. The highest BCUT2D eigenvalue weighted by molar-refractivity contribution is 5.97. The minimum absolute atomic E-state index is 0.0324. The van der Waals surface area contributed by atoms with Crippen LogP contribution in [0, 0.1) is 18.6 Å². The van der Waals surface area contributed by atoms with Crippen LogP contribution in [0.15, 0.2) is 82.4 Å².